The van der Waals surface area contributed by atoms with Crippen LogP contribution in [0.5, 0.6) is 5.75 Å². The smallest absolute Gasteiger partial charge is 0.255 e. The highest BCUT2D eigenvalue weighted by Crippen LogP contribution is 2.30. The SMILES string of the molecule is O=C(Nc1c(Cl)cccc1Cl)c1ccc(I)c(O)c1. The first kappa shape index (κ1) is 14.4. The summed E-state index contributed by atoms with van der Waals surface area (Å²) in [4.78, 5) is 12.0. The van der Waals surface area contributed by atoms with E-state index in [-0.39, 0.29) is 11.7 Å². The Morgan fingerprint density at radius 1 is 1.16 bits per heavy atom. The minimum Gasteiger partial charge on any atom is -0.507 e. The molecule has 0 radical (unpaired) electrons. The largest absolute Gasteiger partial charge is 0.507 e. The van der Waals surface area contributed by atoms with Gasteiger partial charge in [-0.1, -0.05) is 29.3 Å². The summed E-state index contributed by atoms with van der Waals surface area (Å²) >= 11 is 13.9. The van der Waals surface area contributed by atoms with Crippen LogP contribution < -0.4 is 5.32 Å². The second-order valence-electron chi connectivity index (χ2n) is 3.72. The van der Waals surface area contributed by atoms with Gasteiger partial charge in [-0.15, -0.1) is 0 Å². The van der Waals surface area contributed by atoms with Crippen molar-refractivity contribution in [1.82, 2.24) is 0 Å². The molecule has 0 aromatic heterocycles. The van der Waals surface area contributed by atoms with Gasteiger partial charge in [0, 0.05) is 5.56 Å². The molecular weight excluding hydrogens is 400 g/mol. The number of nitrogens with one attached hydrogen (secondary N) is 1. The van der Waals surface area contributed by atoms with Gasteiger partial charge in [-0.25, -0.2) is 0 Å². The number of phenols is 1. The fraction of sp³-hybridized carbons (Fsp3) is 0. The molecule has 0 saturated carbocycles. The average Bonchev–Trinajstić information content (AvgIpc) is 2.37. The molecule has 0 atom stereocenters. The van der Waals surface area contributed by atoms with Crippen molar-refractivity contribution in [2.24, 2.45) is 0 Å². The predicted molar refractivity (Wildman–Crippen MR) is 85.2 cm³/mol. The maximum Gasteiger partial charge on any atom is 0.255 e. The molecule has 3 nitrogen and oxygen atoms in total. The van der Waals surface area contributed by atoms with Crippen molar-refractivity contribution in [2.75, 3.05) is 5.32 Å². The molecule has 2 rings (SSSR count). The van der Waals surface area contributed by atoms with Crippen LogP contribution in [0.2, 0.25) is 10.0 Å². The lowest BCUT2D eigenvalue weighted by Crippen LogP contribution is -2.12. The van der Waals surface area contributed by atoms with Gasteiger partial charge < -0.3 is 10.4 Å². The van der Waals surface area contributed by atoms with Gasteiger partial charge in [0.15, 0.2) is 0 Å². The average molecular weight is 408 g/mol. The van der Waals surface area contributed by atoms with E-state index in [0.29, 0.717) is 24.9 Å². The summed E-state index contributed by atoms with van der Waals surface area (Å²) in [5.41, 5.74) is 0.683. The molecule has 6 heteroatoms. The maximum atomic E-state index is 12.0. The molecule has 0 saturated heterocycles. The molecule has 1 amide bonds. The zero-order chi connectivity index (χ0) is 14.0. The second kappa shape index (κ2) is 5.98. The van der Waals surface area contributed by atoms with E-state index in [1.165, 1.54) is 6.07 Å². The molecule has 2 aromatic rings. The van der Waals surface area contributed by atoms with Gasteiger partial charge >= 0.3 is 0 Å². The molecular formula is C13H8Cl2INO2. The fourth-order valence-electron chi connectivity index (χ4n) is 1.46. The molecule has 0 aliphatic carbocycles. The lowest BCUT2D eigenvalue weighted by atomic mass is 10.2. The van der Waals surface area contributed by atoms with Crippen molar-refractivity contribution in [3.05, 3.63) is 55.6 Å². The molecule has 0 unspecified atom stereocenters. The van der Waals surface area contributed by atoms with E-state index < -0.39 is 0 Å². The van der Waals surface area contributed by atoms with E-state index in [4.69, 9.17) is 23.2 Å². The molecule has 2 N–H and O–H groups in total. The number of rotatable bonds is 2. The van der Waals surface area contributed by atoms with E-state index in [1.54, 1.807) is 30.3 Å². The lowest BCUT2D eigenvalue weighted by Gasteiger charge is -2.09. The fourth-order valence-corrected chi connectivity index (χ4v) is 2.28. The standard InChI is InChI=1S/C13H8Cl2INO2/c14-8-2-1-3-9(15)12(8)17-13(19)7-4-5-10(16)11(18)6-7/h1-6,18H,(H,17,19). The molecule has 19 heavy (non-hydrogen) atoms. The topological polar surface area (TPSA) is 49.3 Å². The Labute approximate surface area is 133 Å². The molecule has 0 fully saturated rings. The number of phenolic OH excluding ortho intramolecular Hbond substituents is 1. The van der Waals surface area contributed by atoms with Crippen molar-refractivity contribution in [2.45, 2.75) is 0 Å². The van der Waals surface area contributed by atoms with Crippen LogP contribution in [0.25, 0.3) is 0 Å². The first-order valence-electron chi connectivity index (χ1n) is 5.23. The number of para-hydroxylation sites is 1. The van der Waals surface area contributed by atoms with Crippen LogP contribution in [0, 0.1) is 3.57 Å². The molecule has 2 aromatic carbocycles. The molecule has 0 spiro atoms. The maximum absolute atomic E-state index is 12.0. The number of hydrogen-bond acceptors (Lipinski definition) is 2. The molecule has 0 heterocycles. The Balaban J connectivity index is 2.28. The van der Waals surface area contributed by atoms with Crippen molar-refractivity contribution in [3.8, 4) is 5.75 Å². The van der Waals surface area contributed by atoms with Crippen LogP contribution in [0.15, 0.2) is 36.4 Å². The van der Waals surface area contributed by atoms with E-state index in [9.17, 15) is 9.90 Å². The summed E-state index contributed by atoms with van der Waals surface area (Å²) in [6, 6.07) is 9.61. The van der Waals surface area contributed by atoms with Crippen molar-refractivity contribution >= 4 is 57.4 Å². The Morgan fingerprint density at radius 2 is 1.79 bits per heavy atom. The summed E-state index contributed by atoms with van der Waals surface area (Å²) in [5, 5.41) is 12.9. The summed E-state index contributed by atoms with van der Waals surface area (Å²) in [5.74, 6) is -0.333. The van der Waals surface area contributed by atoms with Gasteiger partial charge in [-0.2, -0.15) is 0 Å². The first-order valence-corrected chi connectivity index (χ1v) is 7.06. The Bertz CT molecular complexity index is 626. The van der Waals surface area contributed by atoms with Crippen LogP contribution in [-0.4, -0.2) is 11.0 Å². The van der Waals surface area contributed by atoms with Crippen molar-refractivity contribution in [1.29, 1.82) is 0 Å². The number of amides is 1. The third kappa shape index (κ3) is 3.32. The van der Waals surface area contributed by atoms with Gasteiger partial charge in [-0.3, -0.25) is 4.79 Å². The van der Waals surface area contributed by atoms with Crippen LogP contribution in [0.4, 0.5) is 5.69 Å². The van der Waals surface area contributed by atoms with Gasteiger partial charge in [0.2, 0.25) is 0 Å². The van der Waals surface area contributed by atoms with Crippen LogP contribution in [0.3, 0.4) is 0 Å². The summed E-state index contributed by atoms with van der Waals surface area (Å²) in [6.45, 7) is 0. The molecule has 0 aliphatic heterocycles. The lowest BCUT2D eigenvalue weighted by molar-refractivity contribution is 0.102. The Morgan fingerprint density at radius 3 is 2.37 bits per heavy atom. The molecule has 0 aliphatic rings. The van der Waals surface area contributed by atoms with Crippen LogP contribution in [-0.2, 0) is 0 Å². The minimum atomic E-state index is -0.387. The summed E-state index contributed by atoms with van der Waals surface area (Å²) in [6.07, 6.45) is 0. The number of aromatic hydroxyl groups is 1. The van der Waals surface area contributed by atoms with E-state index in [1.807, 2.05) is 22.6 Å². The van der Waals surface area contributed by atoms with Gasteiger partial charge in [-0.05, 0) is 52.9 Å². The normalized spacial score (nSPS) is 10.3. The third-order valence-corrected chi connectivity index (χ3v) is 3.95. The van der Waals surface area contributed by atoms with Crippen molar-refractivity contribution < 1.29 is 9.90 Å². The summed E-state index contributed by atoms with van der Waals surface area (Å²) in [7, 11) is 0. The molecule has 0 bridgehead atoms. The molecule has 98 valence electrons. The minimum absolute atomic E-state index is 0.0542. The highest BCUT2D eigenvalue weighted by molar-refractivity contribution is 14.1. The number of hydrogen-bond donors (Lipinski definition) is 2. The van der Waals surface area contributed by atoms with E-state index >= 15 is 0 Å². The number of anilines is 1. The van der Waals surface area contributed by atoms with Crippen molar-refractivity contribution in [3.63, 3.8) is 0 Å². The zero-order valence-electron chi connectivity index (χ0n) is 9.45. The summed E-state index contributed by atoms with van der Waals surface area (Å²) < 4.78 is 0.671. The monoisotopic (exact) mass is 407 g/mol. The zero-order valence-corrected chi connectivity index (χ0v) is 13.1. The second-order valence-corrected chi connectivity index (χ2v) is 5.69. The predicted octanol–water partition coefficient (Wildman–Crippen LogP) is 4.56. The number of carbonyl (C=O) groups is 1. The third-order valence-electron chi connectivity index (χ3n) is 2.41. The Kier molecular flexibility index (Phi) is 4.54. The van der Waals surface area contributed by atoms with E-state index in [0.717, 1.165) is 0 Å². The van der Waals surface area contributed by atoms with Gasteiger partial charge in [0.1, 0.15) is 5.75 Å². The Hall–Kier alpha value is -0.980. The van der Waals surface area contributed by atoms with E-state index in [2.05, 4.69) is 5.32 Å². The van der Waals surface area contributed by atoms with Crippen LogP contribution in [0.1, 0.15) is 10.4 Å². The quantitative estimate of drug-likeness (QED) is 0.717. The highest BCUT2D eigenvalue weighted by atomic mass is 127. The van der Waals surface area contributed by atoms with Crippen LogP contribution >= 0.6 is 45.8 Å². The van der Waals surface area contributed by atoms with Gasteiger partial charge in [0.05, 0.1) is 19.3 Å². The number of halogens is 3. The van der Waals surface area contributed by atoms with Gasteiger partial charge in [0.25, 0.3) is 5.91 Å². The number of benzene rings is 2. The highest BCUT2D eigenvalue weighted by Gasteiger charge is 2.12. The first-order chi connectivity index (χ1) is 8.99. The number of carbonyl (C=O) groups excluding carboxylic acids is 1.